The summed E-state index contributed by atoms with van der Waals surface area (Å²) in [4.78, 5) is 0. The molecule has 0 saturated carbocycles. The molecule has 13 heavy (non-hydrogen) atoms. The minimum Gasteiger partial charge on any atom is -0.263 e. The van der Waals surface area contributed by atoms with Gasteiger partial charge >= 0.3 is 15.6 Å². The molecule has 7 heteroatoms. The summed E-state index contributed by atoms with van der Waals surface area (Å²) in [6, 6.07) is 0. The molecular weight excluding hydrogens is 209 g/mol. The molecule has 0 aromatic carbocycles. The predicted octanol–water partition coefficient (Wildman–Crippen LogP) is 1.90. The van der Waals surface area contributed by atoms with Crippen molar-refractivity contribution in [3.05, 3.63) is 0 Å². The maximum Gasteiger partial charge on any atom is 0.523 e. The molecule has 0 radical (unpaired) electrons. The molecule has 3 nitrogen and oxygen atoms in total. The molecule has 0 amide bonds. The van der Waals surface area contributed by atoms with Crippen molar-refractivity contribution in [2.24, 2.45) is 5.92 Å². The van der Waals surface area contributed by atoms with Gasteiger partial charge in [0.1, 0.15) is 0 Å². The number of hydrogen-bond donors (Lipinski definition) is 0. The van der Waals surface area contributed by atoms with E-state index in [0.717, 1.165) is 0 Å². The molecule has 0 N–H and O–H groups in total. The van der Waals surface area contributed by atoms with Crippen molar-refractivity contribution in [3.8, 4) is 0 Å². The van der Waals surface area contributed by atoms with Crippen LogP contribution in [-0.4, -0.2) is 20.5 Å². The fraction of sp³-hybridized carbons (Fsp3) is 1.00. The highest BCUT2D eigenvalue weighted by atomic mass is 32.2. The van der Waals surface area contributed by atoms with E-state index in [1.54, 1.807) is 13.8 Å². The molecular formula is C6H11F3O3S. The van der Waals surface area contributed by atoms with Gasteiger partial charge in [0.25, 0.3) is 0 Å². The van der Waals surface area contributed by atoms with Crippen LogP contribution < -0.4 is 0 Å². The Labute approximate surface area is 75.0 Å². The van der Waals surface area contributed by atoms with E-state index in [-0.39, 0.29) is 5.92 Å². The van der Waals surface area contributed by atoms with Crippen LogP contribution in [0.25, 0.3) is 0 Å². The molecule has 0 aliphatic carbocycles. The van der Waals surface area contributed by atoms with Gasteiger partial charge in [-0.05, 0) is 5.92 Å². The van der Waals surface area contributed by atoms with Crippen LogP contribution in [0, 0.1) is 5.92 Å². The van der Waals surface area contributed by atoms with Crippen LogP contribution in [0.5, 0.6) is 0 Å². The summed E-state index contributed by atoms with van der Waals surface area (Å²) < 4.78 is 59.5. The Morgan fingerprint density at radius 2 is 1.85 bits per heavy atom. The fourth-order valence-electron chi connectivity index (χ4n) is 0.390. The van der Waals surface area contributed by atoms with E-state index in [2.05, 4.69) is 4.18 Å². The summed E-state index contributed by atoms with van der Waals surface area (Å²) in [6.07, 6.45) is 0.563. The second-order valence-electron chi connectivity index (χ2n) is 2.70. The molecule has 0 saturated heterocycles. The number of rotatable bonds is 4. The first-order valence-electron chi connectivity index (χ1n) is 3.66. The SMILES string of the molecule is CC[C@@H](C)COS(=O)(=O)C(F)(F)F. The van der Waals surface area contributed by atoms with E-state index in [1.165, 1.54) is 0 Å². The molecule has 0 bridgehead atoms. The zero-order valence-corrected chi connectivity index (χ0v) is 8.07. The van der Waals surface area contributed by atoms with E-state index < -0.39 is 22.2 Å². The lowest BCUT2D eigenvalue weighted by Crippen LogP contribution is -2.27. The molecule has 0 aliphatic rings. The standard InChI is InChI=1S/C6H11F3O3S/c1-3-5(2)4-12-13(10,11)6(7,8)9/h5H,3-4H2,1-2H3/t5-/m1/s1. The molecule has 0 fully saturated rings. The highest BCUT2D eigenvalue weighted by Gasteiger charge is 2.47. The van der Waals surface area contributed by atoms with E-state index in [4.69, 9.17) is 0 Å². The Morgan fingerprint density at radius 3 is 2.15 bits per heavy atom. The maximum atomic E-state index is 11.7. The summed E-state index contributed by atoms with van der Waals surface area (Å²) in [5.74, 6) is -0.211. The zero-order chi connectivity index (χ0) is 10.7. The Bertz CT molecular complexity index is 244. The lowest BCUT2D eigenvalue weighted by Gasteiger charge is -2.11. The molecule has 0 aromatic rings. The third kappa shape index (κ3) is 3.95. The molecule has 0 aromatic heterocycles. The average molecular weight is 220 g/mol. The van der Waals surface area contributed by atoms with Gasteiger partial charge in [0, 0.05) is 0 Å². The summed E-state index contributed by atoms with van der Waals surface area (Å²) >= 11 is 0. The second kappa shape index (κ2) is 4.28. The zero-order valence-electron chi connectivity index (χ0n) is 7.26. The summed E-state index contributed by atoms with van der Waals surface area (Å²) in [7, 11) is -5.40. The Hall–Kier alpha value is -0.300. The fourth-order valence-corrected chi connectivity index (χ4v) is 0.935. The van der Waals surface area contributed by atoms with Crippen LogP contribution in [0.3, 0.4) is 0 Å². The van der Waals surface area contributed by atoms with Crippen LogP contribution in [0.2, 0.25) is 0 Å². The van der Waals surface area contributed by atoms with Crippen molar-refractivity contribution in [2.45, 2.75) is 25.8 Å². The van der Waals surface area contributed by atoms with E-state index in [1.807, 2.05) is 0 Å². The molecule has 0 heterocycles. The van der Waals surface area contributed by atoms with Gasteiger partial charge in [0.15, 0.2) is 0 Å². The topological polar surface area (TPSA) is 43.4 Å². The third-order valence-corrected chi connectivity index (χ3v) is 2.50. The van der Waals surface area contributed by atoms with Gasteiger partial charge in [0.2, 0.25) is 0 Å². The van der Waals surface area contributed by atoms with Crippen LogP contribution >= 0.6 is 0 Å². The lowest BCUT2D eigenvalue weighted by atomic mass is 10.1. The van der Waals surface area contributed by atoms with E-state index in [9.17, 15) is 21.6 Å². The van der Waals surface area contributed by atoms with Crippen molar-refractivity contribution in [2.75, 3.05) is 6.61 Å². The Morgan fingerprint density at radius 1 is 1.38 bits per heavy atom. The monoisotopic (exact) mass is 220 g/mol. The van der Waals surface area contributed by atoms with Gasteiger partial charge in [-0.3, -0.25) is 4.18 Å². The van der Waals surface area contributed by atoms with Crippen LogP contribution in [0.15, 0.2) is 0 Å². The molecule has 0 aliphatic heterocycles. The van der Waals surface area contributed by atoms with E-state index in [0.29, 0.717) is 6.42 Å². The normalized spacial score (nSPS) is 15.8. The molecule has 1 atom stereocenters. The van der Waals surface area contributed by atoms with Crippen LogP contribution in [-0.2, 0) is 14.3 Å². The highest BCUT2D eigenvalue weighted by molar-refractivity contribution is 7.87. The first-order chi connectivity index (χ1) is 5.70. The van der Waals surface area contributed by atoms with Crippen molar-refractivity contribution >= 4 is 10.1 Å². The highest BCUT2D eigenvalue weighted by Crippen LogP contribution is 2.25. The van der Waals surface area contributed by atoms with Gasteiger partial charge in [-0.1, -0.05) is 20.3 Å². The van der Waals surface area contributed by atoms with Crippen molar-refractivity contribution in [1.82, 2.24) is 0 Å². The number of halogens is 3. The van der Waals surface area contributed by atoms with Gasteiger partial charge < -0.3 is 0 Å². The van der Waals surface area contributed by atoms with Crippen LogP contribution in [0.1, 0.15) is 20.3 Å². The van der Waals surface area contributed by atoms with Crippen molar-refractivity contribution in [3.63, 3.8) is 0 Å². The van der Waals surface area contributed by atoms with Crippen LogP contribution in [0.4, 0.5) is 13.2 Å². The average Bonchev–Trinajstić information content (AvgIpc) is 1.98. The summed E-state index contributed by atoms with van der Waals surface area (Å²) in [6.45, 7) is 2.90. The van der Waals surface area contributed by atoms with Gasteiger partial charge in [-0.2, -0.15) is 21.6 Å². The first kappa shape index (κ1) is 12.7. The maximum absolute atomic E-state index is 11.7. The minimum absolute atomic E-state index is 0.211. The number of alkyl halides is 3. The third-order valence-electron chi connectivity index (χ3n) is 1.49. The minimum atomic E-state index is -5.40. The van der Waals surface area contributed by atoms with E-state index >= 15 is 0 Å². The summed E-state index contributed by atoms with van der Waals surface area (Å²) in [5.41, 5.74) is -5.32. The summed E-state index contributed by atoms with van der Waals surface area (Å²) in [5, 5.41) is 0. The molecule has 80 valence electrons. The largest absolute Gasteiger partial charge is 0.523 e. The lowest BCUT2D eigenvalue weighted by molar-refractivity contribution is -0.0549. The van der Waals surface area contributed by atoms with Gasteiger partial charge in [0.05, 0.1) is 6.61 Å². The molecule has 0 unspecified atom stereocenters. The number of hydrogen-bond acceptors (Lipinski definition) is 3. The molecule has 0 rings (SSSR count). The predicted molar refractivity (Wildman–Crippen MR) is 40.4 cm³/mol. The molecule has 0 spiro atoms. The first-order valence-corrected chi connectivity index (χ1v) is 5.07. The smallest absolute Gasteiger partial charge is 0.263 e. The quantitative estimate of drug-likeness (QED) is 0.536. The van der Waals surface area contributed by atoms with Crippen molar-refractivity contribution in [1.29, 1.82) is 0 Å². The second-order valence-corrected chi connectivity index (χ2v) is 4.30. The van der Waals surface area contributed by atoms with Gasteiger partial charge in [-0.25, -0.2) is 0 Å². The van der Waals surface area contributed by atoms with Gasteiger partial charge in [-0.15, -0.1) is 0 Å². The van der Waals surface area contributed by atoms with Crippen molar-refractivity contribution < 1.29 is 25.8 Å². The Balaban J connectivity index is 4.22. The Kier molecular flexibility index (Phi) is 4.18.